The lowest BCUT2D eigenvalue weighted by Gasteiger charge is -2.12. The Morgan fingerprint density at radius 2 is 1.87 bits per heavy atom. The molecule has 0 unspecified atom stereocenters. The summed E-state index contributed by atoms with van der Waals surface area (Å²) in [6.45, 7) is 2.03. The van der Waals surface area contributed by atoms with E-state index in [4.69, 9.17) is 5.11 Å². The lowest BCUT2D eigenvalue weighted by atomic mass is 10.0. The van der Waals surface area contributed by atoms with Gasteiger partial charge in [0.05, 0.1) is 12.7 Å². The molecule has 0 radical (unpaired) electrons. The van der Waals surface area contributed by atoms with Crippen molar-refractivity contribution in [3.05, 3.63) is 35.9 Å². The number of aliphatic hydroxyl groups is 2. The van der Waals surface area contributed by atoms with Crippen LogP contribution in [0.1, 0.15) is 18.4 Å². The van der Waals surface area contributed by atoms with E-state index in [0.717, 1.165) is 5.75 Å². The highest BCUT2D eigenvalue weighted by molar-refractivity contribution is 7.99. The van der Waals surface area contributed by atoms with Crippen molar-refractivity contribution in [2.75, 3.05) is 18.1 Å². The number of aliphatic hydroxyl groups excluding tert-OH is 2. The van der Waals surface area contributed by atoms with Crippen molar-refractivity contribution in [2.45, 2.75) is 18.9 Å². The molecule has 0 aliphatic carbocycles. The van der Waals surface area contributed by atoms with Crippen molar-refractivity contribution in [2.24, 2.45) is 0 Å². The molecule has 1 aromatic rings. The highest BCUT2D eigenvalue weighted by Gasteiger charge is 2.07. The summed E-state index contributed by atoms with van der Waals surface area (Å²) >= 11 is 1.68. The van der Waals surface area contributed by atoms with Crippen molar-refractivity contribution in [3.63, 3.8) is 0 Å². The minimum absolute atomic E-state index is 0.146. The molecule has 2 N–H and O–H groups in total. The van der Waals surface area contributed by atoms with E-state index in [2.05, 4.69) is 19.1 Å². The van der Waals surface area contributed by atoms with Gasteiger partial charge in [-0.15, -0.1) is 0 Å². The molecule has 0 aliphatic heterocycles. The van der Waals surface area contributed by atoms with Gasteiger partial charge in [-0.2, -0.15) is 11.8 Å². The first kappa shape index (κ1) is 12.6. The second-order valence-corrected chi connectivity index (χ2v) is 4.76. The molecule has 0 heterocycles. The molecule has 1 rings (SSSR count). The van der Waals surface area contributed by atoms with Crippen LogP contribution in [0.2, 0.25) is 0 Å². The SMILES string of the molecule is C[C@@H](CSC[C@@H](O)CO)c1ccccc1. The maximum Gasteiger partial charge on any atom is 0.0861 e. The van der Waals surface area contributed by atoms with Crippen LogP contribution < -0.4 is 0 Å². The van der Waals surface area contributed by atoms with Crippen LogP contribution >= 0.6 is 11.8 Å². The highest BCUT2D eigenvalue weighted by Crippen LogP contribution is 2.20. The molecule has 0 saturated heterocycles. The van der Waals surface area contributed by atoms with E-state index in [-0.39, 0.29) is 6.61 Å². The van der Waals surface area contributed by atoms with Gasteiger partial charge in [-0.05, 0) is 17.2 Å². The predicted molar refractivity (Wildman–Crippen MR) is 65.3 cm³/mol. The maximum atomic E-state index is 9.17. The van der Waals surface area contributed by atoms with Crippen LogP contribution in [0.5, 0.6) is 0 Å². The van der Waals surface area contributed by atoms with E-state index in [1.807, 2.05) is 18.2 Å². The Labute approximate surface area is 95.3 Å². The van der Waals surface area contributed by atoms with Crippen LogP contribution in [-0.4, -0.2) is 34.4 Å². The van der Waals surface area contributed by atoms with Crippen molar-refractivity contribution < 1.29 is 10.2 Å². The van der Waals surface area contributed by atoms with Crippen LogP contribution in [0.3, 0.4) is 0 Å². The van der Waals surface area contributed by atoms with E-state index in [1.54, 1.807) is 11.8 Å². The Bertz CT molecular complexity index is 264. The van der Waals surface area contributed by atoms with Gasteiger partial charge in [0.1, 0.15) is 0 Å². The smallest absolute Gasteiger partial charge is 0.0861 e. The fraction of sp³-hybridized carbons (Fsp3) is 0.500. The number of hydrogen-bond donors (Lipinski definition) is 2. The Balaban J connectivity index is 2.28. The minimum atomic E-state index is -0.585. The molecule has 0 fully saturated rings. The van der Waals surface area contributed by atoms with Gasteiger partial charge in [0.15, 0.2) is 0 Å². The zero-order chi connectivity index (χ0) is 11.1. The summed E-state index contributed by atoms with van der Waals surface area (Å²) < 4.78 is 0. The summed E-state index contributed by atoms with van der Waals surface area (Å²) in [5, 5.41) is 17.8. The first-order valence-corrected chi connectivity index (χ1v) is 6.31. The summed E-state index contributed by atoms with van der Waals surface area (Å²) in [6.07, 6.45) is -0.585. The fourth-order valence-electron chi connectivity index (χ4n) is 1.31. The zero-order valence-corrected chi connectivity index (χ0v) is 9.78. The average Bonchev–Trinajstić information content (AvgIpc) is 2.29. The molecule has 0 saturated carbocycles. The Kier molecular flexibility index (Phi) is 5.76. The molecular weight excluding hydrogens is 208 g/mol. The van der Waals surface area contributed by atoms with Gasteiger partial charge in [-0.3, -0.25) is 0 Å². The lowest BCUT2D eigenvalue weighted by molar-refractivity contribution is 0.113. The van der Waals surface area contributed by atoms with Gasteiger partial charge in [0.25, 0.3) is 0 Å². The molecule has 1 aromatic carbocycles. The van der Waals surface area contributed by atoms with E-state index < -0.39 is 6.10 Å². The van der Waals surface area contributed by atoms with E-state index in [9.17, 15) is 5.11 Å². The number of rotatable bonds is 6. The Hall–Kier alpha value is -0.510. The summed E-state index contributed by atoms with van der Waals surface area (Å²) in [4.78, 5) is 0. The predicted octanol–water partition coefficient (Wildman–Crippen LogP) is 1.88. The molecule has 0 spiro atoms. The Morgan fingerprint density at radius 1 is 1.20 bits per heavy atom. The van der Waals surface area contributed by atoms with Crippen LogP contribution in [0.25, 0.3) is 0 Å². The number of benzene rings is 1. The van der Waals surface area contributed by atoms with E-state index in [1.165, 1.54) is 5.56 Å². The molecule has 2 atom stereocenters. The van der Waals surface area contributed by atoms with Crippen LogP contribution in [-0.2, 0) is 0 Å². The van der Waals surface area contributed by atoms with E-state index in [0.29, 0.717) is 11.7 Å². The topological polar surface area (TPSA) is 40.5 Å². The Morgan fingerprint density at radius 3 is 2.47 bits per heavy atom. The second-order valence-electron chi connectivity index (χ2n) is 3.69. The third kappa shape index (κ3) is 4.69. The van der Waals surface area contributed by atoms with Crippen molar-refractivity contribution in [1.29, 1.82) is 0 Å². The van der Waals surface area contributed by atoms with Crippen molar-refractivity contribution >= 4 is 11.8 Å². The van der Waals surface area contributed by atoms with Gasteiger partial charge >= 0.3 is 0 Å². The first-order valence-electron chi connectivity index (χ1n) is 5.15. The lowest BCUT2D eigenvalue weighted by Crippen LogP contribution is -2.15. The maximum absolute atomic E-state index is 9.17. The van der Waals surface area contributed by atoms with Gasteiger partial charge in [-0.25, -0.2) is 0 Å². The van der Waals surface area contributed by atoms with Crippen LogP contribution in [0, 0.1) is 0 Å². The summed E-state index contributed by atoms with van der Waals surface area (Å²) in [7, 11) is 0. The molecular formula is C12H18O2S. The number of hydrogen-bond acceptors (Lipinski definition) is 3. The molecule has 0 aromatic heterocycles. The highest BCUT2D eigenvalue weighted by atomic mass is 32.2. The molecule has 3 heteroatoms. The minimum Gasteiger partial charge on any atom is -0.394 e. The van der Waals surface area contributed by atoms with E-state index >= 15 is 0 Å². The zero-order valence-electron chi connectivity index (χ0n) is 8.97. The van der Waals surface area contributed by atoms with Crippen molar-refractivity contribution in [3.8, 4) is 0 Å². The second kappa shape index (κ2) is 6.88. The molecule has 0 aliphatic rings. The fourth-order valence-corrected chi connectivity index (χ4v) is 2.37. The molecule has 15 heavy (non-hydrogen) atoms. The van der Waals surface area contributed by atoms with Gasteiger partial charge in [0, 0.05) is 5.75 Å². The molecule has 2 nitrogen and oxygen atoms in total. The van der Waals surface area contributed by atoms with Crippen LogP contribution in [0.15, 0.2) is 30.3 Å². The van der Waals surface area contributed by atoms with Gasteiger partial charge < -0.3 is 10.2 Å². The molecule has 0 bridgehead atoms. The third-order valence-electron chi connectivity index (χ3n) is 2.26. The van der Waals surface area contributed by atoms with Gasteiger partial charge in [0.2, 0.25) is 0 Å². The summed E-state index contributed by atoms with van der Waals surface area (Å²) in [5.41, 5.74) is 1.32. The summed E-state index contributed by atoms with van der Waals surface area (Å²) in [6, 6.07) is 10.3. The number of thioether (sulfide) groups is 1. The summed E-state index contributed by atoms with van der Waals surface area (Å²) in [5.74, 6) is 2.07. The largest absolute Gasteiger partial charge is 0.394 e. The average molecular weight is 226 g/mol. The third-order valence-corrected chi connectivity index (χ3v) is 3.61. The normalized spacial score (nSPS) is 14.9. The molecule has 84 valence electrons. The first-order chi connectivity index (χ1) is 7.24. The van der Waals surface area contributed by atoms with Gasteiger partial charge in [-0.1, -0.05) is 37.3 Å². The monoisotopic (exact) mass is 226 g/mol. The van der Waals surface area contributed by atoms with Crippen LogP contribution in [0.4, 0.5) is 0 Å². The quantitative estimate of drug-likeness (QED) is 0.778. The standard InChI is InChI=1S/C12H18O2S/c1-10(8-15-9-12(14)7-13)11-5-3-2-4-6-11/h2-6,10,12-14H,7-9H2,1H3/t10-,12-/m0/s1. The van der Waals surface area contributed by atoms with Crippen molar-refractivity contribution in [1.82, 2.24) is 0 Å². The molecule has 0 amide bonds.